The third-order valence-corrected chi connectivity index (χ3v) is 2.48. The van der Waals surface area contributed by atoms with Gasteiger partial charge in [-0.25, -0.2) is 0 Å². The maximum absolute atomic E-state index is 3.81. The van der Waals surface area contributed by atoms with E-state index in [0.717, 1.165) is 0 Å². The molecule has 0 radical (unpaired) electrons. The topological polar surface area (TPSA) is 6.48 Å². The number of rotatable bonds is 1. The van der Waals surface area contributed by atoms with Crippen molar-refractivity contribution in [1.82, 2.24) is 9.57 Å². The average molecular weight is 144 g/mol. The lowest BCUT2D eigenvalue weighted by atomic mass is 10.4. The Hall–Kier alpha value is 0.0900. The van der Waals surface area contributed by atoms with Crippen LogP contribution in [0.15, 0.2) is 0 Å². The summed E-state index contributed by atoms with van der Waals surface area (Å²) in [7, 11) is 3.34. The first-order chi connectivity index (χ1) is 4.33. The minimum Gasteiger partial charge on any atom is -0.304 e. The summed E-state index contributed by atoms with van der Waals surface area (Å²) in [5.74, 6) is 0. The Morgan fingerprint density at radius 3 is 2.22 bits per heavy atom. The highest BCUT2D eigenvalue weighted by molar-refractivity contribution is 7.33. The molecule has 0 aromatic carbocycles. The minimum absolute atomic E-state index is 1.18. The zero-order chi connectivity index (χ0) is 6.69. The molecule has 0 saturated carbocycles. The first kappa shape index (κ1) is 7.20. The van der Waals surface area contributed by atoms with Crippen LogP contribution in [-0.2, 0) is 0 Å². The standard InChI is InChI=1S/C6H13N2P/c1-7-3-5-8(9-2)6-4-7/h2-6H2,1H3. The van der Waals surface area contributed by atoms with Crippen LogP contribution in [0.2, 0.25) is 0 Å². The Morgan fingerprint density at radius 1 is 1.22 bits per heavy atom. The molecule has 52 valence electrons. The molecule has 1 fully saturated rings. The summed E-state index contributed by atoms with van der Waals surface area (Å²) in [6.07, 6.45) is 3.81. The highest BCUT2D eigenvalue weighted by atomic mass is 31.1. The summed E-state index contributed by atoms with van der Waals surface area (Å²) in [4.78, 5) is 2.35. The van der Waals surface area contributed by atoms with Crippen LogP contribution >= 0.6 is 8.35 Å². The molecule has 2 nitrogen and oxygen atoms in total. The number of piperazine rings is 1. The average Bonchev–Trinajstić information content (AvgIpc) is 1.90. The monoisotopic (exact) mass is 144 g/mol. The SMILES string of the molecule is C=PN1CCN(C)CC1. The van der Waals surface area contributed by atoms with E-state index in [0.29, 0.717) is 0 Å². The molecule has 0 aromatic rings. The molecule has 0 aromatic heterocycles. The normalized spacial score (nSPS) is 25.0. The highest BCUT2D eigenvalue weighted by Crippen LogP contribution is 2.07. The van der Waals surface area contributed by atoms with Crippen LogP contribution in [0.5, 0.6) is 0 Å². The Bertz CT molecular complexity index is 97.2. The number of likely N-dealkylation sites (N-methyl/N-ethyl adjacent to an activating group) is 1. The van der Waals surface area contributed by atoms with Crippen LogP contribution in [-0.4, -0.2) is 49.1 Å². The lowest BCUT2D eigenvalue weighted by molar-refractivity contribution is 0.232. The van der Waals surface area contributed by atoms with Crippen LogP contribution in [0.3, 0.4) is 0 Å². The Balaban J connectivity index is 2.26. The summed E-state index contributed by atoms with van der Waals surface area (Å²) in [5, 5.41) is 0. The molecule has 1 heterocycles. The van der Waals surface area contributed by atoms with Crippen molar-refractivity contribution in [3.05, 3.63) is 0 Å². The van der Waals surface area contributed by atoms with Gasteiger partial charge in [-0.05, 0) is 15.4 Å². The summed E-state index contributed by atoms with van der Waals surface area (Å²) in [6, 6.07) is 0. The Kier molecular flexibility index (Phi) is 2.65. The predicted molar refractivity (Wildman–Crippen MR) is 43.1 cm³/mol. The van der Waals surface area contributed by atoms with E-state index in [2.05, 4.69) is 22.9 Å². The Labute approximate surface area is 58.3 Å². The smallest absolute Gasteiger partial charge is 0.0195 e. The van der Waals surface area contributed by atoms with Gasteiger partial charge >= 0.3 is 0 Å². The quantitative estimate of drug-likeness (QED) is 0.495. The van der Waals surface area contributed by atoms with Crippen LogP contribution in [0.25, 0.3) is 0 Å². The van der Waals surface area contributed by atoms with Gasteiger partial charge in [-0.15, -0.1) is 0 Å². The maximum Gasteiger partial charge on any atom is 0.0195 e. The summed E-state index contributed by atoms with van der Waals surface area (Å²) in [5.41, 5.74) is 0. The number of hydrogen-bond donors (Lipinski definition) is 0. The van der Waals surface area contributed by atoms with Crippen LogP contribution < -0.4 is 0 Å². The molecule has 0 amide bonds. The van der Waals surface area contributed by atoms with E-state index in [9.17, 15) is 0 Å². The van der Waals surface area contributed by atoms with Gasteiger partial charge in [0.05, 0.1) is 0 Å². The summed E-state index contributed by atoms with van der Waals surface area (Å²) >= 11 is 0. The van der Waals surface area contributed by atoms with Gasteiger partial charge in [-0.1, -0.05) is 6.30 Å². The fourth-order valence-corrected chi connectivity index (χ4v) is 1.40. The van der Waals surface area contributed by atoms with Crippen LogP contribution in [0.1, 0.15) is 0 Å². The molecule has 0 aliphatic carbocycles. The van der Waals surface area contributed by atoms with E-state index >= 15 is 0 Å². The fourth-order valence-electron chi connectivity index (χ4n) is 0.937. The van der Waals surface area contributed by atoms with Gasteiger partial charge in [0.2, 0.25) is 0 Å². The van der Waals surface area contributed by atoms with E-state index in [1.165, 1.54) is 34.5 Å². The van der Waals surface area contributed by atoms with E-state index in [1.807, 2.05) is 0 Å². The van der Waals surface area contributed by atoms with Gasteiger partial charge in [0, 0.05) is 26.2 Å². The molecule has 9 heavy (non-hydrogen) atoms. The first-order valence-corrected chi connectivity index (χ1v) is 4.26. The summed E-state index contributed by atoms with van der Waals surface area (Å²) in [6.45, 7) is 4.76. The van der Waals surface area contributed by atoms with Gasteiger partial charge < -0.3 is 4.90 Å². The van der Waals surface area contributed by atoms with Crippen molar-refractivity contribution in [3.8, 4) is 0 Å². The van der Waals surface area contributed by atoms with Gasteiger partial charge in [0.25, 0.3) is 0 Å². The molecule has 1 saturated heterocycles. The Morgan fingerprint density at radius 2 is 1.78 bits per heavy atom. The molecule has 3 heteroatoms. The van der Waals surface area contributed by atoms with Crippen molar-refractivity contribution in [2.75, 3.05) is 33.2 Å². The minimum atomic E-state index is 1.18. The molecule has 1 rings (SSSR count). The lowest BCUT2D eigenvalue weighted by Crippen LogP contribution is -2.39. The van der Waals surface area contributed by atoms with Gasteiger partial charge in [0.15, 0.2) is 0 Å². The molecular weight excluding hydrogens is 131 g/mol. The third kappa shape index (κ3) is 2.05. The first-order valence-electron chi connectivity index (χ1n) is 3.23. The van der Waals surface area contributed by atoms with Crippen molar-refractivity contribution < 1.29 is 0 Å². The van der Waals surface area contributed by atoms with E-state index in [4.69, 9.17) is 0 Å². The maximum atomic E-state index is 3.81. The molecule has 0 spiro atoms. The second-order valence-corrected chi connectivity index (χ2v) is 3.25. The largest absolute Gasteiger partial charge is 0.304 e. The fraction of sp³-hybridized carbons (Fsp3) is 0.833. The van der Waals surface area contributed by atoms with Gasteiger partial charge in [-0.3, -0.25) is 4.67 Å². The zero-order valence-corrected chi connectivity index (χ0v) is 6.77. The molecule has 1 aliphatic heterocycles. The zero-order valence-electron chi connectivity index (χ0n) is 5.88. The molecule has 1 aliphatic rings. The predicted octanol–water partition coefficient (Wildman–Crippen LogP) is 0.527. The molecule has 0 unspecified atom stereocenters. The summed E-state index contributed by atoms with van der Waals surface area (Å²) < 4.78 is 2.35. The van der Waals surface area contributed by atoms with Gasteiger partial charge in [0.1, 0.15) is 0 Å². The van der Waals surface area contributed by atoms with Crippen LogP contribution in [0, 0.1) is 0 Å². The second kappa shape index (κ2) is 3.31. The van der Waals surface area contributed by atoms with E-state index < -0.39 is 0 Å². The van der Waals surface area contributed by atoms with E-state index in [1.54, 1.807) is 0 Å². The van der Waals surface area contributed by atoms with Crippen LogP contribution in [0.4, 0.5) is 0 Å². The van der Waals surface area contributed by atoms with Crippen molar-refractivity contribution in [1.29, 1.82) is 0 Å². The molecule has 0 N–H and O–H groups in total. The lowest BCUT2D eigenvalue weighted by Gasteiger charge is -2.28. The van der Waals surface area contributed by atoms with Crippen molar-refractivity contribution in [2.24, 2.45) is 0 Å². The van der Waals surface area contributed by atoms with Crippen molar-refractivity contribution in [2.45, 2.75) is 0 Å². The highest BCUT2D eigenvalue weighted by Gasteiger charge is 2.09. The third-order valence-electron chi connectivity index (χ3n) is 1.68. The van der Waals surface area contributed by atoms with Gasteiger partial charge in [-0.2, -0.15) is 0 Å². The second-order valence-electron chi connectivity index (χ2n) is 2.40. The van der Waals surface area contributed by atoms with E-state index in [-0.39, 0.29) is 0 Å². The van der Waals surface area contributed by atoms with Crippen molar-refractivity contribution >= 4 is 14.7 Å². The van der Waals surface area contributed by atoms with Crippen molar-refractivity contribution in [3.63, 3.8) is 0 Å². The number of nitrogens with zero attached hydrogens (tertiary/aromatic N) is 2. The molecule has 0 bridgehead atoms. The molecular formula is C6H13N2P. The molecule has 0 atom stereocenters. The number of hydrogen-bond acceptors (Lipinski definition) is 2.